The quantitative estimate of drug-likeness (QED) is 0.704. The average Bonchev–Trinajstić information content (AvgIpc) is 2.63. The van der Waals surface area contributed by atoms with Crippen LogP contribution in [0.2, 0.25) is 5.02 Å². The zero-order valence-electron chi connectivity index (χ0n) is 13.1. The van der Waals surface area contributed by atoms with E-state index in [4.69, 9.17) is 16.3 Å². The highest BCUT2D eigenvalue weighted by atomic mass is 35.5. The zero-order chi connectivity index (χ0) is 16.9. The normalized spacial score (nSPS) is 10.2. The Morgan fingerprint density at radius 1 is 0.958 bits per heavy atom. The minimum absolute atomic E-state index is 0.266. The summed E-state index contributed by atoms with van der Waals surface area (Å²) < 4.78 is 5.25. The number of carbonyl (C=O) groups excluding carboxylic acids is 1. The van der Waals surface area contributed by atoms with Gasteiger partial charge < -0.3 is 10.1 Å². The summed E-state index contributed by atoms with van der Waals surface area (Å²) in [5.41, 5.74) is 3.11. The summed E-state index contributed by atoms with van der Waals surface area (Å²) in [6, 6.07) is 22.5. The predicted molar refractivity (Wildman–Crippen MR) is 97.8 cm³/mol. The van der Waals surface area contributed by atoms with Crippen molar-refractivity contribution in [3.63, 3.8) is 0 Å². The molecule has 3 aromatic rings. The van der Waals surface area contributed by atoms with Crippen LogP contribution in [0.3, 0.4) is 0 Å². The number of nitrogens with one attached hydrogen (secondary N) is 1. The largest absolute Gasteiger partial charge is 0.496 e. The number of amides is 1. The van der Waals surface area contributed by atoms with Gasteiger partial charge in [0.25, 0.3) is 5.91 Å². The number of benzene rings is 3. The monoisotopic (exact) mass is 337 g/mol. The molecule has 0 heterocycles. The van der Waals surface area contributed by atoms with Crippen LogP contribution >= 0.6 is 11.6 Å². The molecule has 0 fully saturated rings. The molecule has 0 radical (unpaired) electrons. The second kappa shape index (κ2) is 7.20. The summed E-state index contributed by atoms with van der Waals surface area (Å²) in [5.74, 6) is 0.215. The van der Waals surface area contributed by atoms with Crippen LogP contribution < -0.4 is 10.1 Å². The second-order valence-electron chi connectivity index (χ2n) is 5.21. The van der Waals surface area contributed by atoms with E-state index < -0.39 is 0 Å². The van der Waals surface area contributed by atoms with E-state index in [2.05, 4.69) is 5.32 Å². The van der Waals surface area contributed by atoms with Crippen LogP contribution in [-0.2, 0) is 0 Å². The van der Waals surface area contributed by atoms with E-state index in [-0.39, 0.29) is 5.91 Å². The van der Waals surface area contributed by atoms with Gasteiger partial charge >= 0.3 is 0 Å². The molecule has 0 saturated heterocycles. The molecule has 1 amide bonds. The molecular weight excluding hydrogens is 322 g/mol. The van der Waals surface area contributed by atoms with Crippen molar-refractivity contribution in [3.05, 3.63) is 83.4 Å². The van der Waals surface area contributed by atoms with Gasteiger partial charge in [-0.1, -0.05) is 60.1 Å². The molecule has 0 bridgehead atoms. The molecule has 3 nitrogen and oxygen atoms in total. The first-order valence-electron chi connectivity index (χ1n) is 7.48. The first-order valence-corrected chi connectivity index (χ1v) is 7.86. The molecule has 3 rings (SSSR count). The van der Waals surface area contributed by atoms with E-state index in [9.17, 15) is 4.79 Å². The fraction of sp³-hybridized carbons (Fsp3) is 0.0500. The molecular formula is C20H16ClNO2. The van der Waals surface area contributed by atoms with Crippen molar-refractivity contribution in [3.8, 4) is 16.9 Å². The van der Waals surface area contributed by atoms with Crippen LogP contribution in [-0.4, -0.2) is 13.0 Å². The third kappa shape index (κ3) is 3.42. The molecule has 1 N–H and O–H groups in total. The highest BCUT2D eigenvalue weighted by molar-refractivity contribution is 6.31. The van der Waals surface area contributed by atoms with Gasteiger partial charge in [-0.05, 0) is 29.8 Å². The van der Waals surface area contributed by atoms with Crippen LogP contribution in [0.4, 0.5) is 5.69 Å². The third-order valence-electron chi connectivity index (χ3n) is 3.67. The smallest absolute Gasteiger partial charge is 0.259 e. The Morgan fingerprint density at radius 2 is 1.67 bits per heavy atom. The molecule has 24 heavy (non-hydrogen) atoms. The Hall–Kier alpha value is -2.78. The molecule has 120 valence electrons. The Balaban J connectivity index is 1.95. The van der Waals surface area contributed by atoms with Crippen LogP contribution in [0, 0.1) is 0 Å². The molecule has 0 spiro atoms. The van der Waals surface area contributed by atoms with E-state index >= 15 is 0 Å². The van der Waals surface area contributed by atoms with Crippen LogP contribution in [0.1, 0.15) is 10.4 Å². The summed E-state index contributed by atoms with van der Waals surface area (Å²) in [4.78, 5) is 12.7. The Bertz CT molecular complexity index is 863. The number of hydrogen-bond donors (Lipinski definition) is 1. The van der Waals surface area contributed by atoms with E-state index in [1.807, 2.05) is 54.6 Å². The Labute approximate surface area is 145 Å². The first kappa shape index (κ1) is 16.1. The zero-order valence-corrected chi connectivity index (χ0v) is 13.9. The number of anilines is 1. The van der Waals surface area contributed by atoms with Crippen molar-refractivity contribution >= 4 is 23.2 Å². The standard InChI is InChI=1S/C20H16ClNO2/c1-24-19-12-11-15(21)13-17(19)20(23)22-18-10-6-5-9-16(18)14-7-3-2-4-8-14/h2-13H,1H3,(H,22,23). The van der Waals surface area contributed by atoms with Gasteiger partial charge in [0, 0.05) is 16.3 Å². The number of ether oxygens (including phenoxy) is 1. The molecule has 0 aliphatic carbocycles. The van der Waals surface area contributed by atoms with E-state index in [0.717, 1.165) is 16.8 Å². The lowest BCUT2D eigenvalue weighted by Gasteiger charge is -2.13. The fourth-order valence-corrected chi connectivity index (χ4v) is 2.68. The Morgan fingerprint density at radius 3 is 2.42 bits per heavy atom. The van der Waals surface area contributed by atoms with Crippen molar-refractivity contribution in [2.24, 2.45) is 0 Å². The lowest BCUT2D eigenvalue weighted by Crippen LogP contribution is -2.13. The van der Waals surface area contributed by atoms with E-state index in [1.54, 1.807) is 18.2 Å². The van der Waals surface area contributed by atoms with Gasteiger partial charge in [0.2, 0.25) is 0 Å². The minimum atomic E-state index is -0.266. The van der Waals surface area contributed by atoms with Crippen LogP contribution in [0.15, 0.2) is 72.8 Å². The highest BCUT2D eigenvalue weighted by Crippen LogP contribution is 2.29. The van der Waals surface area contributed by atoms with Gasteiger partial charge in [-0.3, -0.25) is 4.79 Å². The van der Waals surface area contributed by atoms with E-state index in [0.29, 0.717) is 16.3 Å². The summed E-state index contributed by atoms with van der Waals surface area (Å²) in [6.45, 7) is 0. The lowest BCUT2D eigenvalue weighted by molar-refractivity contribution is 0.102. The summed E-state index contributed by atoms with van der Waals surface area (Å²) in [6.07, 6.45) is 0. The number of methoxy groups -OCH3 is 1. The molecule has 0 aliphatic rings. The highest BCUT2D eigenvalue weighted by Gasteiger charge is 2.15. The summed E-state index contributed by atoms with van der Waals surface area (Å²) in [7, 11) is 1.53. The Kier molecular flexibility index (Phi) is 4.82. The van der Waals surface area contributed by atoms with Gasteiger partial charge in [-0.2, -0.15) is 0 Å². The molecule has 4 heteroatoms. The first-order chi connectivity index (χ1) is 11.7. The molecule has 0 aliphatic heterocycles. The summed E-state index contributed by atoms with van der Waals surface area (Å²) >= 11 is 6.01. The van der Waals surface area contributed by atoms with Gasteiger partial charge in [-0.15, -0.1) is 0 Å². The summed E-state index contributed by atoms with van der Waals surface area (Å²) in [5, 5.41) is 3.43. The number of para-hydroxylation sites is 1. The predicted octanol–water partition coefficient (Wildman–Crippen LogP) is 5.27. The number of hydrogen-bond acceptors (Lipinski definition) is 2. The molecule has 0 aromatic heterocycles. The lowest BCUT2D eigenvalue weighted by atomic mass is 10.0. The maximum Gasteiger partial charge on any atom is 0.259 e. The topological polar surface area (TPSA) is 38.3 Å². The SMILES string of the molecule is COc1ccc(Cl)cc1C(=O)Nc1ccccc1-c1ccccc1. The number of rotatable bonds is 4. The molecule has 3 aromatic carbocycles. The maximum absolute atomic E-state index is 12.7. The number of halogens is 1. The van der Waals surface area contributed by atoms with Crippen LogP contribution in [0.25, 0.3) is 11.1 Å². The van der Waals surface area contributed by atoms with Gasteiger partial charge in [0.15, 0.2) is 0 Å². The van der Waals surface area contributed by atoms with Crippen molar-refractivity contribution in [1.29, 1.82) is 0 Å². The van der Waals surface area contributed by atoms with Gasteiger partial charge in [-0.25, -0.2) is 0 Å². The fourth-order valence-electron chi connectivity index (χ4n) is 2.51. The maximum atomic E-state index is 12.7. The van der Waals surface area contributed by atoms with E-state index in [1.165, 1.54) is 7.11 Å². The third-order valence-corrected chi connectivity index (χ3v) is 3.90. The van der Waals surface area contributed by atoms with Crippen molar-refractivity contribution in [1.82, 2.24) is 0 Å². The van der Waals surface area contributed by atoms with Crippen molar-refractivity contribution < 1.29 is 9.53 Å². The van der Waals surface area contributed by atoms with Gasteiger partial charge in [0.1, 0.15) is 5.75 Å². The molecule has 0 atom stereocenters. The van der Waals surface area contributed by atoms with Gasteiger partial charge in [0.05, 0.1) is 12.7 Å². The number of carbonyl (C=O) groups is 1. The van der Waals surface area contributed by atoms with Crippen molar-refractivity contribution in [2.45, 2.75) is 0 Å². The molecule has 0 saturated carbocycles. The second-order valence-corrected chi connectivity index (χ2v) is 5.65. The average molecular weight is 338 g/mol. The molecule has 0 unspecified atom stereocenters. The van der Waals surface area contributed by atoms with Crippen molar-refractivity contribution in [2.75, 3.05) is 12.4 Å². The minimum Gasteiger partial charge on any atom is -0.496 e. The van der Waals surface area contributed by atoms with Crippen LogP contribution in [0.5, 0.6) is 5.75 Å².